The van der Waals surface area contributed by atoms with Crippen molar-refractivity contribution in [3.63, 3.8) is 0 Å². The van der Waals surface area contributed by atoms with Crippen molar-refractivity contribution in [1.29, 1.82) is 0 Å². The molecule has 0 saturated carbocycles. The van der Waals surface area contributed by atoms with Crippen molar-refractivity contribution < 1.29 is 4.79 Å². The molecule has 2 aliphatic heterocycles. The predicted octanol–water partition coefficient (Wildman–Crippen LogP) is 4.91. The first kappa shape index (κ1) is 24.0. The average molecular weight is 483 g/mol. The smallest absolute Gasteiger partial charge is 0.251 e. The summed E-state index contributed by atoms with van der Waals surface area (Å²) in [5.41, 5.74) is 1.68. The Hall–Kier alpha value is -2.15. The number of amides is 1. The Balaban J connectivity index is 1.31. The summed E-state index contributed by atoms with van der Waals surface area (Å²) in [6, 6.07) is 13.5. The highest BCUT2D eigenvalue weighted by Gasteiger charge is 2.25. The molecule has 4 rings (SSSR count). The van der Waals surface area contributed by atoms with Crippen LogP contribution in [0.2, 0.25) is 24.2 Å². The van der Waals surface area contributed by atoms with Crippen molar-refractivity contribution in [3.8, 4) is 0 Å². The van der Waals surface area contributed by atoms with E-state index in [9.17, 15) is 4.79 Å². The van der Waals surface area contributed by atoms with E-state index in [0.29, 0.717) is 18.0 Å². The summed E-state index contributed by atoms with van der Waals surface area (Å²) in [4.78, 5) is 21.9. The van der Waals surface area contributed by atoms with Crippen LogP contribution in [0.25, 0.3) is 0 Å². The van der Waals surface area contributed by atoms with Crippen molar-refractivity contribution in [2.45, 2.75) is 44.8 Å². The lowest BCUT2D eigenvalue weighted by atomic mass is 10.1. The van der Waals surface area contributed by atoms with Crippen LogP contribution >= 0.6 is 11.6 Å². The number of nitrogens with one attached hydrogen (secondary N) is 1. The molecule has 2 aromatic rings. The predicted molar refractivity (Wildman–Crippen MR) is 141 cm³/mol. The Labute approximate surface area is 203 Å². The average Bonchev–Trinajstić information content (AvgIpc) is 2.84. The number of aromatic nitrogens is 1. The van der Waals surface area contributed by atoms with E-state index < -0.39 is 8.07 Å². The van der Waals surface area contributed by atoms with E-state index in [-0.39, 0.29) is 5.91 Å². The van der Waals surface area contributed by atoms with Gasteiger partial charge in [0, 0.05) is 30.5 Å². The molecular formula is C26H35ClN4OSi. The highest BCUT2D eigenvalue weighted by atomic mass is 35.5. The molecule has 176 valence electrons. The molecule has 0 unspecified atom stereocenters. The molecule has 33 heavy (non-hydrogen) atoms. The number of rotatable bonds is 7. The number of piperidine rings is 1. The molecule has 5 nitrogen and oxygen atoms in total. The quantitative estimate of drug-likeness (QED) is 0.569. The number of carbonyl (C=O) groups is 1. The largest absolute Gasteiger partial charge is 0.351 e. The summed E-state index contributed by atoms with van der Waals surface area (Å²) >= 11 is 6.26. The molecule has 1 fully saturated rings. The first-order chi connectivity index (χ1) is 15.9. The number of hydrogen-bond acceptors (Lipinski definition) is 4. The topological polar surface area (TPSA) is 48.5 Å². The Bertz CT molecular complexity index is 986. The summed E-state index contributed by atoms with van der Waals surface area (Å²) in [5, 5.41) is 5.18. The summed E-state index contributed by atoms with van der Waals surface area (Å²) in [5.74, 6) is 0.758. The number of pyridine rings is 1. The standard InChI is InChI=1S/C26H35ClN4OSi/c1-33(2,20-19-30-15-4-3-5-16-30)23-10-8-22(9-11-23)29-26(32)21-12-17-31(18-13-21)25-24(27)7-6-14-28-25/h6-12,14H,3-5,13,15-20H2,1-2H3,(H,29,32). The maximum atomic E-state index is 12.8. The SMILES string of the molecule is C[Si](C)(CCN1CCCCC1)c1ccc(NC(=O)C2=CCN(c3ncccc3Cl)CC2)cc1. The van der Waals surface area contributed by atoms with E-state index in [1.807, 2.05) is 18.2 Å². The number of benzene rings is 1. The van der Waals surface area contributed by atoms with Gasteiger partial charge in [0.2, 0.25) is 0 Å². The lowest BCUT2D eigenvalue weighted by Crippen LogP contribution is -2.44. The molecule has 1 aromatic heterocycles. The summed E-state index contributed by atoms with van der Waals surface area (Å²) in [7, 11) is -1.49. The van der Waals surface area contributed by atoms with Gasteiger partial charge >= 0.3 is 0 Å². The molecule has 1 aromatic carbocycles. The zero-order valence-electron chi connectivity index (χ0n) is 19.8. The third-order valence-corrected chi connectivity index (χ3v) is 10.6. The minimum absolute atomic E-state index is 0.0175. The van der Waals surface area contributed by atoms with Gasteiger partial charge in [0.25, 0.3) is 5.91 Å². The van der Waals surface area contributed by atoms with E-state index >= 15 is 0 Å². The zero-order valence-corrected chi connectivity index (χ0v) is 21.6. The first-order valence-electron chi connectivity index (χ1n) is 12.1. The first-order valence-corrected chi connectivity index (χ1v) is 15.7. The molecule has 0 aliphatic carbocycles. The van der Waals surface area contributed by atoms with E-state index in [1.54, 1.807) is 6.20 Å². The normalized spacial score (nSPS) is 17.5. The summed E-state index contributed by atoms with van der Waals surface area (Å²) < 4.78 is 0. The van der Waals surface area contributed by atoms with Crippen LogP contribution in [-0.2, 0) is 4.79 Å². The third-order valence-electron chi connectivity index (χ3n) is 6.97. The second kappa shape index (κ2) is 10.8. The van der Waals surface area contributed by atoms with Crippen LogP contribution in [0.15, 0.2) is 54.2 Å². The molecule has 0 spiro atoms. The Morgan fingerprint density at radius 1 is 1.09 bits per heavy atom. The third kappa shape index (κ3) is 6.25. The summed E-state index contributed by atoms with van der Waals surface area (Å²) in [6.07, 6.45) is 8.48. The molecule has 1 amide bonds. The molecule has 1 saturated heterocycles. The molecule has 2 aliphatic rings. The fourth-order valence-corrected chi connectivity index (χ4v) is 7.13. The van der Waals surface area contributed by atoms with Gasteiger partial charge in [-0.3, -0.25) is 4.79 Å². The van der Waals surface area contributed by atoms with E-state index in [1.165, 1.54) is 50.1 Å². The van der Waals surface area contributed by atoms with E-state index in [2.05, 4.69) is 57.5 Å². The molecule has 0 radical (unpaired) electrons. The fourth-order valence-electron chi connectivity index (χ4n) is 4.66. The van der Waals surface area contributed by atoms with Crippen LogP contribution in [0.1, 0.15) is 25.7 Å². The Morgan fingerprint density at radius 2 is 1.85 bits per heavy atom. The van der Waals surface area contributed by atoms with Crippen LogP contribution in [-0.4, -0.2) is 56.6 Å². The molecule has 7 heteroatoms. The monoisotopic (exact) mass is 482 g/mol. The highest BCUT2D eigenvalue weighted by molar-refractivity contribution is 6.89. The number of halogens is 1. The van der Waals surface area contributed by atoms with Crippen molar-refractivity contribution in [2.75, 3.05) is 42.9 Å². The van der Waals surface area contributed by atoms with Crippen LogP contribution in [0.5, 0.6) is 0 Å². The van der Waals surface area contributed by atoms with Crippen molar-refractivity contribution >= 4 is 42.3 Å². The van der Waals surface area contributed by atoms with Crippen LogP contribution in [0.4, 0.5) is 11.5 Å². The van der Waals surface area contributed by atoms with Gasteiger partial charge in [-0.2, -0.15) is 0 Å². The maximum absolute atomic E-state index is 12.8. The van der Waals surface area contributed by atoms with Gasteiger partial charge < -0.3 is 15.1 Å². The minimum Gasteiger partial charge on any atom is -0.351 e. The van der Waals surface area contributed by atoms with Crippen LogP contribution in [0, 0.1) is 0 Å². The van der Waals surface area contributed by atoms with Crippen LogP contribution < -0.4 is 15.4 Å². The lowest BCUT2D eigenvalue weighted by molar-refractivity contribution is -0.113. The number of carbonyl (C=O) groups excluding carboxylic acids is 1. The van der Waals surface area contributed by atoms with E-state index in [4.69, 9.17) is 11.6 Å². The Morgan fingerprint density at radius 3 is 2.52 bits per heavy atom. The second-order valence-corrected chi connectivity index (χ2v) is 15.1. The highest BCUT2D eigenvalue weighted by Crippen LogP contribution is 2.25. The number of nitrogens with zero attached hydrogens (tertiary/aromatic N) is 3. The van der Waals surface area contributed by atoms with Crippen molar-refractivity contribution in [3.05, 3.63) is 59.3 Å². The van der Waals surface area contributed by atoms with Gasteiger partial charge in [-0.1, -0.05) is 54.5 Å². The van der Waals surface area contributed by atoms with Gasteiger partial charge in [0.1, 0.15) is 5.82 Å². The Kier molecular flexibility index (Phi) is 7.89. The number of hydrogen-bond donors (Lipinski definition) is 1. The lowest BCUT2D eigenvalue weighted by Gasteiger charge is -2.31. The molecule has 0 bridgehead atoms. The van der Waals surface area contributed by atoms with Gasteiger partial charge in [-0.15, -0.1) is 0 Å². The van der Waals surface area contributed by atoms with Crippen molar-refractivity contribution in [1.82, 2.24) is 9.88 Å². The van der Waals surface area contributed by atoms with Gasteiger partial charge in [0.05, 0.1) is 13.1 Å². The number of anilines is 2. The molecule has 1 N–H and O–H groups in total. The molecular weight excluding hydrogens is 448 g/mol. The van der Waals surface area contributed by atoms with Crippen LogP contribution in [0.3, 0.4) is 0 Å². The fraction of sp³-hybridized carbons (Fsp3) is 0.462. The van der Waals surface area contributed by atoms with Crippen molar-refractivity contribution in [2.24, 2.45) is 0 Å². The maximum Gasteiger partial charge on any atom is 0.251 e. The zero-order chi connectivity index (χ0) is 23.3. The molecule has 3 heterocycles. The second-order valence-electron chi connectivity index (χ2n) is 9.80. The van der Waals surface area contributed by atoms with Gasteiger partial charge in [0.15, 0.2) is 0 Å². The van der Waals surface area contributed by atoms with Gasteiger partial charge in [-0.05, 0) is 69.2 Å². The van der Waals surface area contributed by atoms with E-state index in [0.717, 1.165) is 23.6 Å². The number of likely N-dealkylation sites (tertiary alicyclic amines) is 1. The summed E-state index contributed by atoms with van der Waals surface area (Å²) in [6.45, 7) is 10.0. The molecule has 0 atom stereocenters. The minimum atomic E-state index is -1.49. The van der Waals surface area contributed by atoms with Gasteiger partial charge in [-0.25, -0.2) is 4.98 Å².